The van der Waals surface area contributed by atoms with E-state index in [1.807, 2.05) is 13.1 Å². The summed E-state index contributed by atoms with van der Waals surface area (Å²) in [7, 11) is 1.93. The van der Waals surface area contributed by atoms with Gasteiger partial charge in [0.2, 0.25) is 0 Å². The van der Waals surface area contributed by atoms with Crippen molar-refractivity contribution < 1.29 is 0 Å². The monoisotopic (exact) mass is 292 g/mol. The van der Waals surface area contributed by atoms with Crippen molar-refractivity contribution in [3.05, 3.63) is 83.6 Å². The van der Waals surface area contributed by atoms with Crippen LogP contribution in [0.5, 0.6) is 0 Å². The van der Waals surface area contributed by atoms with Crippen LogP contribution in [0.15, 0.2) is 66.9 Å². The van der Waals surface area contributed by atoms with Gasteiger partial charge in [0.05, 0.1) is 0 Å². The summed E-state index contributed by atoms with van der Waals surface area (Å²) < 4.78 is 0. The summed E-state index contributed by atoms with van der Waals surface area (Å²) in [5, 5.41) is 6.60. The second-order valence-corrected chi connectivity index (χ2v) is 5.47. The second-order valence-electron chi connectivity index (χ2n) is 5.47. The van der Waals surface area contributed by atoms with Crippen LogP contribution in [0.4, 0.5) is 5.69 Å². The predicted molar refractivity (Wildman–Crippen MR) is 96.8 cm³/mol. The molecule has 0 amide bonds. The minimum absolute atomic E-state index is 0.804. The van der Waals surface area contributed by atoms with E-state index in [2.05, 4.69) is 79.6 Å². The van der Waals surface area contributed by atoms with Gasteiger partial charge in [0.15, 0.2) is 0 Å². The molecule has 2 aromatic rings. The fraction of sp³-hybridized carbons (Fsp3) is 0.200. The number of hydrogen-bond donors (Lipinski definition) is 2. The molecular weight excluding hydrogens is 268 g/mol. The van der Waals surface area contributed by atoms with Crippen molar-refractivity contribution >= 4 is 11.3 Å². The molecule has 2 aromatic carbocycles. The van der Waals surface area contributed by atoms with Crippen LogP contribution in [0, 0.1) is 6.92 Å². The highest BCUT2D eigenvalue weighted by Gasteiger charge is 2.00. The Balaban J connectivity index is 2.01. The molecule has 0 aliphatic carbocycles. The number of allylic oxidation sites excluding steroid dienone is 3. The van der Waals surface area contributed by atoms with E-state index in [0.717, 1.165) is 23.5 Å². The second kappa shape index (κ2) is 7.51. The quantitative estimate of drug-likeness (QED) is 0.751. The number of nitrogens with one attached hydrogen (secondary N) is 2. The van der Waals surface area contributed by atoms with Crippen LogP contribution in [0.1, 0.15) is 23.6 Å². The van der Waals surface area contributed by atoms with Crippen molar-refractivity contribution in [1.82, 2.24) is 5.32 Å². The fourth-order valence-corrected chi connectivity index (χ4v) is 2.40. The first-order valence-corrected chi connectivity index (χ1v) is 7.54. The van der Waals surface area contributed by atoms with Crippen LogP contribution < -0.4 is 10.6 Å². The number of anilines is 1. The van der Waals surface area contributed by atoms with E-state index < -0.39 is 0 Å². The van der Waals surface area contributed by atoms with E-state index in [1.165, 1.54) is 16.7 Å². The molecule has 0 bridgehead atoms. The van der Waals surface area contributed by atoms with E-state index >= 15 is 0 Å². The van der Waals surface area contributed by atoms with Gasteiger partial charge in [0.25, 0.3) is 0 Å². The molecule has 22 heavy (non-hydrogen) atoms. The van der Waals surface area contributed by atoms with E-state index in [1.54, 1.807) is 0 Å². The molecule has 0 saturated heterocycles. The maximum Gasteiger partial charge on any atom is 0.0398 e. The Hall–Kier alpha value is -2.48. The zero-order chi connectivity index (χ0) is 15.9. The molecule has 114 valence electrons. The van der Waals surface area contributed by atoms with Crippen LogP contribution in [0.25, 0.3) is 5.57 Å². The lowest BCUT2D eigenvalue weighted by Gasteiger charge is -2.10. The third-order valence-corrected chi connectivity index (χ3v) is 3.67. The molecular formula is C20H24N2. The average molecular weight is 292 g/mol. The number of aryl methyl sites for hydroxylation is 1. The summed E-state index contributed by atoms with van der Waals surface area (Å²) in [6.07, 6.45) is 2.10. The summed E-state index contributed by atoms with van der Waals surface area (Å²) in [6.45, 7) is 9.17. The molecule has 0 heterocycles. The predicted octanol–water partition coefficient (Wildman–Crippen LogP) is 4.74. The van der Waals surface area contributed by atoms with Crippen molar-refractivity contribution in [3.8, 4) is 0 Å². The number of benzene rings is 2. The van der Waals surface area contributed by atoms with Crippen LogP contribution in [0.3, 0.4) is 0 Å². The molecule has 0 aliphatic rings. The van der Waals surface area contributed by atoms with Crippen molar-refractivity contribution in [3.63, 3.8) is 0 Å². The lowest BCUT2D eigenvalue weighted by Crippen LogP contribution is -2.10. The van der Waals surface area contributed by atoms with Gasteiger partial charge in [-0.25, -0.2) is 0 Å². The molecule has 0 saturated carbocycles. The van der Waals surface area contributed by atoms with Gasteiger partial charge < -0.3 is 10.6 Å². The highest BCUT2D eigenvalue weighted by molar-refractivity contribution is 5.74. The van der Waals surface area contributed by atoms with Crippen molar-refractivity contribution in [1.29, 1.82) is 0 Å². The fourth-order valence-electron chi connectivity index (χ4n) is 2.40. The SMILES string of the molecule is C=C(/C=C(\C)NCc1cccc(NC)c1)c1ccccc1C. The van der Waals surface area contributed by atoms with E-state index in [-0.39, 0.29) is 0 Å². The molecule has 2 N–H and O–H groups in total. The minimum Gasteiger partial charge on any atom is -0.388 e. The van der Waals surface area contributed by atoms with Crippen molar-refractivity contribution in [2.24, 2.45) is 0 Å². The Bertz CT molecular complexity index is 684. The Morgan fingerprint density at radius 1 is 1.14 bits per heavy atom. The Morgan fingerprint density at radius 2 is 1.91 bits per heavy atom. The summed E-state index contributed by atoms with van der Waals surface area (Å²) in [6, 6.07) is 16.7. The van der Waals surface area contributed by atoms with Gasteiger partial charge in [-0.05, 0) is 54.3 Å². The Morgan fingerprint density at radius 3 is 2.64 bits per heavy atom. The summed E-state index contributed by atoms with van der Waals surface area (Å²) >= 11 is 0. The van der Waals surface area contributed by atoms with Crippen molar-refractivity contribution in [2.45, 2.75) is 20.4 Å². The first-order chi connectivity index (χ1) is 10.6. The summed E-state index contributed by atoms with van der Waals surface area (Å²) in [5.41, 5.74) is 6.97. The smallest absolute Gasteiger partial charge is 0.0398 e. The molecule has 2 heteroatoms. The zero-order valence-corrected chi connectivity index (χ0v) is 13.6. The highest BCUT2D eigenvalue weighted by atomic mass is 14.9. The molecule has 2 rings (SSSR count). The Kier molecular flexibility index (Phi) is 5.42. The molecule has 0 radical (unpaired) electrons. The number of rotatable bonds is 6. The molecule has 0 fully saturated rings. The maximum absolute atomic E-state index is 4.18. The van der Waals surface area contributed by atoms with Crippen LogP contribution >= 0.6 is 0 Å². The van der Waals surface area contributed by atoms with Gasteiger partial charge in [-0.1, -0.05) is 43.0 Å². The number of hydrogen-bond acceptors (Lipinski definition) is 2. The highest BCUT2D eigenvalue weighted by Crippen LogP contribution is 2.19. The van der Waals surface area contributed by atoms with Gasteiger partial charge in [-0.2, -0.15) is 0 Å². The van der Waals surface area contributed by atoms with Gasteiger partial charge in [0, 0.05) is 25.0 Å². The third kappa shape index (κ3) is 4.26. The van der Waals surface area contributed by atoms with E-state index in [9.17, 15) is 0 Å². The molecule has 0 unspecified atom stereocenters. The third-order valence-electron chi connectivity index (χ3n) is 3.67. The van der Waals surface area contributed by atoms with Gasteiger partial charge >= 0.3 is 0 Å². The molecule has 0 spiro atoms. The van der Waals surface area contributed by atoms with E-state index in [0.29, 0.717) is 0 Å². The normalized spacial score (nSPS) is 11.1. The maximum atomic E-state index is 4.18. The largest absolute Gasteiger partial charge is 0.388 e. The van der Waals surface area contributed by atoms with Crippen molar-refractivity contribution in [2.75, 3.05) is 12.4 Å². The Labute approximate surface area is 133 Å². The molecule has 0 aliphatic heterocycles. The standard InChI is InChI=1S/C20H24N2/c1-15-8-5-6-11-20(15)16(2)12-17(3)22-14-18-9-7-10-19(13-18)21-4/h5-13,21-22H,2,14H2,1,3-4H3/b17-12+. The van der Waals surface area contributed by atoms with E-state index in [4.69, 9.17) is 0 Å². The van der Waals surface area contributed by atoms with Gasteiger partial charge in [0.1, 0.15) is 0 Å². The van der Waals surface area contributed by atoms with Crippen LogP contribution in [-0.2, 0) is 6.54 Å². The average Bonchev–Trinajstić information content (AvgIpc) is 2.53. The van der Waals surface area contributed by atoms with Gasteiger partial charge in [-0.3, -0.25) is 0 Å². The molecule has 2 nitrogen and oxygen atoms in total. The summed E-state index contributed by atoms with van der Waals surface area (Å²) in [5.74, 6) is 0. The summed E-state index contributed by atoms with van der Waals surface area (Å²) in [4.78, 5) is 0. The lowest BCUT2D eigenvalue weighted by atomic mass is 10.0. The topological polar surface area (TPSA) is 24.1 Å². The minimum atomic E-state index is 0.804. The molecule has 0 atom stereocenters. The van der Waals surface area contributed by atoms with Crippen LogP contribution in [-0.4, -0.2) is 7.05 Å². The lowest BCUT2D eigenvalue weighted by molar-refractivity contribution is 0.813. The molecule has 0 aromatic heterocycles. The first kappa shape index (κ1) is 15.9. The zero-order valence-electron chi connectivity index (χ0n) is 13.6. The van der Waals surface area contributed by atoms with Gasteiger partial charge in [-0.15, -0.1) is 0 Å². The van der Waals surface area contributed by atoms with Crippen LogP contribution in [0.2, 0.25) is 0 Å². The first-order valence-electron chi connectivity index (χ1n) is 7.54.